The van der Waals surface area contributed by atoms with Crippen LogP contribution >= 0.6 is 0 Å². The first-order valence-corrected chi connectivity index (χ1v) is 15.5. The second-order valence-electron chi connectivity index (χ2n) is 12.9. The Hall–Kier alpha value is -3.36. The van der Waals surface area contributed by atoms with E-state index in [0.29, 0.717) is 18.8 Å². The van der Waals surface area contributed by atoms with Gasteiger partial charge in [0.15, 0.2) is 6.10 Å². The Kier molecular flexibility index (Phi) is 11.8. The fourth-order valence-corrected chi connectivity index (χ4v) is 6.46. The Morgan fingerprint density at radius 3 is 2.17 bits per heavy atom. The van der Waals surface area contributed by atoms with Crippen molar-refractivity contribution in [2.45, 2.75) is 114 Å². The van der Waals surface area contributed by atoms with Crippen LogP contribution in [-0.4, -0.2) is 95.9 Å². The molecular formula is C33H46O13. The Morgan fingerprint density at radius 1 is 1.00 bits per heavy atom. The van der Waals surface area contributed by atoms with Crippen LogP contribution in [0.3, 0.4) is 0 Å². The van der Waals surface area contributed by atoms with Crippen LogP contribution in [0.4, 0.5) is 0 Å². The third kappa shape index (κ3) is 6.98. The van der Waals surface area contributed by atoms with Gasteiger partial charge in [-0.3, -0.25) is 4.79 Å². The smallest absolute Gasteiger partial charge is 0.344 e. The number of aliphatic hydroxyl groups is 3. The molecule has 0 spiro atoms. The molecule has 2 saturated heterocycles. The number of carboxylic acid groups (broad SMARTS) is 3. The van der Waals surface area contributed by atoms with Gasteiger partial charge in [0.2, 0.25) is 23.1 Å². The van der Waals surface area contributed by atoms with Crippen molar-refractivity contribution in [1.82, 2.24) is 0 Å². The molecule has 6 N–H and O–H groups in total. The maximum absolute atomic E-state index is 13.0. The Balaban J connectivity index is 1.93. The highest BCUT2D eigenvalue weighted by molar-refractivity contribution is 5.98. The maximum Gasteiger partial charge on any atom is 0.344 e. The van der Waals surface area contributed by atoms with Gasteiger partial charge in [0.25, 0.3) is 0 Å². The van der Waals surface area contributed by atoms with Gasteiger partial charge >= 0.3 is 23.9 Å². The van der Waals surface area contributed by atoms with Crippen molar-refractivity contribution in [3.05, 3.63) is 48.0 Å². The number of fused-ring (bicyclic) bond motifs is 2. The molecule has 0 aromatic heterocycles. The first kappa shape index (κ1) is 37.1. The van der Waals surface area contributed by atoms with Crippen LogP contribution in [-0.2, 0) is 39.8 Å². The van der Waals surface area contributed by atoms with Gasteiger partial charge in [0.1, 0.15) is 6.10 Å². The molecule has 13 heteroatoms. The summed E-state index contributed by atoms with van der Waals surface area (Å²) in [6, 6.07) is 9.33. The molecule has 256 valence electrons. The molecule has 0 radical (unpaired) electrons. The van der Waals surface area contributed by atoms with Crippen molar-refractivity contribution in [3.8, 4) is 0 Å². The summed E-state index contributed by atoms with van der Waals surface area (Å²) in [4.78, 5) is 50.6. The molecule has 0 amide bonds. The second-order valence-corrected chi connectivity index (χ2v) is 12.9. The standard InChI is InChI=1S/C33H46O13/c1-6-18(2)16-19(3)12-13-23(34)44-26-25(36)31(15-14-20(4)24(35)21(5)17-22-10-8-7-9-11-22)45-27(28(37)38)32(43,29(39)40)33(26,46-31)30(41)42/h7-11,18-19,21,24-27,35-36,43H,4,6,12-17H2,1-3,5H3,(H,37,38)(H,39,40)(H,41,42)/t18-,19+,21+,24+,25+,26+,27+,31-,32+,33-/m0/s1. The van der Waals surface area contributed by atoms with Crippen molar-refractivity contribution >= 4 is 23.9 Å². The fraction of sp³-hybridized carbons (Fsp3) is 0.636. The van der Waals surface area contributed by atoms with E-state index in [4.69, 9.17) is 14.2 Å². The van der Waals surface area contributed by atoms with E-state index in [1.807, 2.05) is 44.2 Å². The quantitative estimate of drug-likeness (QED) is 0.106. The van der Waals surface area contributed by atoms with E-state index >= 15 is 0 Å². The minimum Gasteiger partial charge on any atom is -0.479 e. The molecule has 2 bridgehead atoms. The number of aliphatic hydroxyl groups excluding tert-OH is 2. The van der Waals surface area contributed by atoms with Gasteiger partial charge in [-0.05, 0) is 54.6 Å². The average molecular weight is 651 g/mol. The zero-order chi connectivity index (χ0) is 34.6. The fourth-order valence-electron chi connectivity index (χ4n) is 6.46. The molecule has 2 heterocycles. The summed E-state index contributed by atoms with van der Waals surface area (Å²) in [5, 5.41) is 64.1. The lowest BCUT2D eigenvalue weighted by atomic mass is 9.74. The highest BCUT2D eigenvalue weighted by atomic mass is 16.8. The van der Waals surface area contributed by atoms with E-state index < -0.39 is 71.7 Å². The van der Waals surface area contributed by atoms with E-state index in [-0.39, 0.29) is 30.3 Å². The predicted molar refractivity (Wildman–Crippen MR) is 161 cm³/mol. The Bertz CT molecular complexity index is 1280. The van der Waals surface area contributed by atoms with Crippen molar-refractivity contribution in [3.63, 3.8) is 0 Å². The van der Waals surface area contributed by atoms with Gasteiger partial charge < -0.3 is 44.8 Å². The normalized spacial score (nSPS) is 31.3. The number of ether oxygens (including phenoxy) is 3. The number of carbonyl (C=O) groups is 4. The van der Waals surface area contributed by atoms with E-state index in [2.05, 4.69) is 13.5 Å². The van der Waals surface area contributed by atoms with Crippen LogP contribution < -0.4 is 0 Å². The van der Waals surface area contributed by atoms with Crippen LogP contribution in [0, 0.1) is 17.8 Å². The topological polar surface area (TPSA) is 217 Å². The summed E-state index contributed by atoms with van der Waals surface area (Å²) in [5.74, 6) is -10.1. The van der Waals surface area contributed by atoms with Crippen LogP contribution in [0.1, 0.15) is 71.8 Å². The highest BCUT2D eigenvalue weighted by Gasteiger charge is 2.85. The lowest BCUT2D eigenvalue weighted by molar-refractivity contribution is -0.374. The van der Waals surface area contributed by atoms with Gasteiger partial charge in [-0.1, -0.05) is 71.0 Å². The average Bonchev–Trinajstić information content (AvgIpc) is 3.22. The molecule has 1 aromatic carbocycles. The largest absolute Gasteiger partial charge is 0.479 e. The molecule has 0 aliphatic carbocycles. The summed E-state index contributed by atoms with van der Waals surface area (Å²) >= 11 is 0. The predicted octanol–water partition coefficient (Wildman–Crippen LogP) is 2.54. The molecule has 1 aromatic rings. The van der Waals surface area contributed by atoms with E-state index in [0.717, 1.165) is 18.4 Å². The van der Waals surface area contributed by atoms with Crippen LogP contribution in [0.15, 0.2) is 42.5 Å². The first-order chi connectivity index (χ1) is 21.5. The Morgan fingerprint density at radius 2 is 1.63 bits per heavy atom. The molecular weight excluding hydrogens is 604 g/mol. The third-order valence-corrected chi connectivity index (χ3v) is 9.36. The molecule has 2 aliphatic rings. The van der Waals surface area contributed by atoms with Gasteiger partial charge in [-0.25, -0.2) is 14.4 Å². The number of carbonyl (C=O) groups excluding carboxylic acids is 1. The van der Waals surface area contributed by atoms with Crippen LogP contribution in [0.5, 0.6) is 0 Å². The van der Waals surface area contributed by atoms with Crippen molar-refractivity contribution in [2.75, 3.05) is 0 Å². The minimum atomic E-state index is -3.85. The number of hydrogen-bond donors (Lipinski definition) is 6. The van der Waals surface area contributed by atoms with E-state index in [1.54, 1.807) is 6.92 Å². The minimum absolute atomic E-state index is 0.0728. The number of rotatable bonds is 17. The molecule has 0 saturated carbocycles. The number of esters is 1. The lowest BCUT2D eigenvalue weighted by Crippen LogP contribution is -2.78. The third-order valence-electron chi connectivity index (χ3n) is 9.36. The maximum atomic E-state index is 13.0. The van der Waals surface area contributed by atoms with Crippen LogP contribution in [0.2, 0.25) is 0 Å². The molecule has 2 fully saturated rings. The first-order valence-electron chi connectivity index (χ1n) is 15.5. The molecule has 10 atom stereocenters. The molecule has 0 unspecified atom stereocenters. The van der Waals surface area contributed by atoms with Crippen molar-refractivity contribution in [1.29, 1.82) is 0 Å². The van der Waals surface area contributed by atoms with Gasteiger partial charge in [0, 0.05) is 12.8 Å². The molecule has 2 aliphatic heterocycles. The Labute approximate surface area is 267 Å². The number of aliphatic carboxylic acids is 3. The van der Waals surface area contributed by atoms with Crippen LogP contribution in [0.25, 0.3) is 0 Å². The summed E-state index contributed by atoms with van der Waals surface area (Å²) in [7, 11) is 0. The van der Waals surface area contributed by atoms with Gasteiger partial charge in [-0.2, -0.15) is 0 Å². The zero-order valence-corrected chi connectivity index (χ0v) is 26.6. The number of benzene rings is 1. The summed E-state index contributed by atoms with van der Waals surface area (Å²) in [6.45, 7) is 11.7. The number of hydrogen-bond acceptors (Lipinski definition) is 10. The molecule has 46 heavy (non-hydrogen) atoms. The van der Waals surface area contributed by atoms with Crippen molar-refractivity contribution < 1.29 is 64.0 Å². The highest BCUT2D eigenvalue weighted by Crippen LogP contribution is 2.56. The zero-order valence-electron chi connectivity index (χ0n) is 26.6. The monoisotopic (exact) mass is 650 g/mol. The molecule has 3 rings (SSSR count). The van der Waals surface area contributed by atoms with E-state index in [9.17, 15) is 49.8 Å². The van der Waals surface area contributed by atoms with Crippen molar-refractivity contribution in [2.24, 2.45) is 17.8 Å². The summed E-state index contributed by atoms with van der Waals surface area (Å²) < 4.78 is 16.5. The summed E-state index contributed by atoms with van der Waals surface area (Å²) in [5.41, 5.74) is -6.17. The van der Waals surface area contributed by atoms with E-state index in [1.165, 1.54) is 0 Å². The number of carboxylic acids is 3. The second kappa shape index (κ2) is 14.6. The van der Waals surface area contributed by atoms with Gasteiger partial charge in [-0.15, -0.1) is 0 Å². The van der Waals surface area contributed by atoms with Gasteiger partial charge in [0.05, 0.1) is 6.10 Å². The lowest BCUT2D eigenvalue weighted by Gasteiger charge is -2.48. The SMILES string of the molecule is C=C(CC[C@]12O[C@H](C(=O)O)[C@@](O)(C(=O)O)[C@](C(=O)O)(O1)[C@H](OC(=O)CC[C@@H](C)C[C@@H](C)CC)[C@H]2O)[C@@H](O)[C@H](C)Cc1ccccc1. The summed E-state index contributed by atoms with van der Waals surface area (Å²) in [6.07, 6.45) is -6.95. The molecule has 13 nitrogen and oxygen atoms in total.